The maximum absolute atomic E-state index is 6.18. The Hall–Kier alpha value is -8.14. The van der Waals surface area contributed by atoms with Gasteiger partial charge in [0.05, 0.1) is 0 Å². The SMILES string of the molecule is CC1(C)c2cc(-c3ccc4ccccc4c3)ccc2-c2ccc(N(c3ccccc3)c3ccc(-c4ccc(N(c5ccccc5)c5ccc6oc7ccccc7c6c5)cc4)cc3)cc21. The minimum absolute atomic E-state index is 0.178. The molecule has 1 aliphatic carbocycles. The number of hydrogen-bond donors (Lipinski definition) is 0. The monoisotopic (exact) mass is 820 g/mol. The van der Waals surface area contributed by atoms with Gasteiger partial charge in [0.1, 0.15) is 11.2 Å². The van der Waals surface area contributed by atoms with Crippen molar-refractivity contribution in [1.82, 2.24) is 0 Å². The van der Waals surface area contributed by atoms with Crippen molar-refractivity contribution in [3.63, 3.8) is 0 Å². The van der Waals surface area contributed by atoms with Crippen LogP contribution in [0.3, 0.4) is 0 Å². The average Bonchev–Trinajstić information content (AvgIpc) is 3.83. The fourth-order valence-electron chi connectivity index (χ4n) is 9.92. The number of furan rings is 1. The van der Waals surface area contributed by atoms with Crippen molar-refractivity contribution in [2.24, 2.45) is 0 Å². The lowest BCUT2D eigenvalue weighted by atomic mass is 9.81. The van der Waals surface area contributed by atoms with Crippen LogP contribution in [-0.2, 0) is 5.41 Å². The van der Waals surface area contributed by atoms with E-state index in [9.17, 15) is 0 Å². The van der Waals surface area contributed by atoms with Crippen molar-refractivity contribution in [2.45, 2.75) is 19.3 Å². The van der Waals surface area contributed by atoms with E-state index in [2.05, 4.69) is 242 Å². The molecule has 0 N–H and O–H groups in total. The summed E-state index contributed by atoms with van der Waals surface area (Å²) in [4.78, 5) is 4.69. The Bertz CT molecular complexity index is 3510. The summed E-state index contributed by atoms with van der Waals surface area (Å²) in [5, 5.41) is 4.75. The van der Waals surface area contributed by atoms with E-state index in [-0.39, 0.29) is 5.41 Å². The van der Waals surface area contributed by atoms with Gasteiger partial charge in [-0.05, 0) is 152 Å². The summed E-state index contributed by atoms with van der Waals surface area (Å²) in [6.45, 7) is 4.74. The fourth-order valence-corrected chi connectivity index (χ4v) is 9.92. The van der Waals surface area contributed by atoms with Gasteiger partial charge < -0.3 is 14.2 Å². The first-order valence-corrected chi connectivity index (χ1v) is 22.1. The summed E-state index contributed by atoms with van der Waals surface area (Å²) < 4.78 is 6.18. The van der Waals surface area contributed by atoms with E-state index in [4.69, 9.17) is 4.42 Å². The Balaban J connectivity index is 0.862. The second-order valence-corrected chi connectivity index (χ2v) is 17.4. The minimum Gasteiger partial charge on any atom is -0.456 e. The number of hydrogen-bond acceptors (Lipinski definition) is 3. The first kappa shape index (κ1) is 37.6. The molecule has 1 heterocycles. The van der Waals surface area contributed by atoms with Crippen LogP contribution in [-0.4, -0.2) is 0 Å². The average molecular weight is 821 g/mol. The highest BCUT2D eigenvalue weighted by molar-refractivity contribution is 6.06. The molecule has 3 nitrogen and oxygen atoms in total. The number of para-hydroxylation sites is 3. The van der Waals surface area contributed by atoms with Crippen LogP contribution in [0.4, 0.5) is 34.1 Å². The minimum atomic E-state index is -0.178. The molecule has 0 unspecified atom stereocenters. The lowest BCUT2D eigenvalue weighted by Gasteiger charge is -2.28. The molecule has 0 radical (unpaired) electrons. The van der Waals surface area contributed by atoms with E-state index < -0.39 is 0 Å². The van der Waals surface area contributed by atoms with Gasteiger partial charge in [0, 0.05) is 50.3 Å². The Kier molecular flexibility index (Phi) is 8.84. The van der Waals surface area contributed by atoms with E-state index in [1.165, 1.54) is 44.2 Å². The lowest BCUT2D eigenvalue weighted by Crippen LogP contribution is -2.16. The van der Waals surface area contributed by atoms with Gasteiger partial charge in [-0.25, -0.2) is 0 Å². The Labute approximate surface area is 373 Å². The van der Waals surface area contributed by atoms with Gasteiger partial charge in [-0.3, -0.25) is 0 Å². The molecule has 0 fully saturated rings. The third kappa shape index (κ3) is 6.36. The highest BCUT2D eigenvalue weighted by Gasteiger charge is 2.36. The smallest absolute Gasteiger partial charge is 0.135 e. The van der Waals surface area contributed by atoms with Crippen molar-refractivity contribution in [1.29, 1.82) is 0 Å². The van der Waals surface area contributed by atoms with Gasteiger partial charge in [-0.2, -0.15) is 0 Å². The topological polar surface area (TPSA) is 19.6 Å². The molecule has 0 saturated carbocycles. The van der Waals surface area contributed by atoms with Gasteiger partial charge >= 0.3 is 0 Å². The first-order valence-electron chi connectivity index (χ1n) is 22.1. The zero-order valence-corrected chi connectivity index (χ0v) is 35.7. The molecule has 3 heteroatoms. The van der Waals surface area contributed by atoms with Crippen LogP contribution >= 0.6 is 0 Å². The number of nitrogens with zero attached hydrogens (tertiary/aromatic N) is 2. The van der Waals surface area contributed by atoms with Crippen LogP contribution in [0, 0.1) is 0 Å². The van der Waals surface area contributed by atoms with Crippen LogP contribution < -0.4 is 9.80 Å². The Morgan fingerprint density at radius 3 is 1.44 bits per heavy atom. The Morgan fingerprint density at radius 2 is 0.766 bits per heavy atom. The molecule has 0 atom stereocenters. The molecule has 1 aliphatic rings. The molecule has 0 spiro atoms. The zero-order chi connectivity index (χ0) is 42.8. The number of anilines is 6. The highest BCUT2D eigenvalue weighted by atomic mass is 16.3. The van der Waals surface area contributed by atoms with Gasteiger partial charge in [0.15, 0.2) is 0 Å². The molecule has 1 aromatic heterocycles. The molecule has 10 aromatic carbocycles. The molecule has 64 heavy (non-hydrogen) atoms. The van der Waals surface area contributed by atoms with Crippen LogP contribution in [0.2, 0.25) is 0 Å². The van der Waals surface area contributed by atoms with E-state index >= 15 is 0 Å². The van der Waals surface area contributed by atoms with E-state index in [1.54, 1.807) is 0 Å². The van der Waals surface area contributed by atoms with Gasteiger partial charge in [0.2, 0.25) is 0 Å². The molecule has 12 rings (SSSR count). The molecule has 11 aromatic rings. The lowest BCUT2D eigenvalue weighted by molar-refractivity contribution is 0.660. The zero-order valence-electron chi connectivity index (χ0n) is 35.7. The normalized spacial score (nSPS) is 12.7. The van der Waals surface area contributed by atoms with Crippen LogP contribution in [0.25, 0.3) is 66.1 Å². The van der Waals surface area contributed by atoms with Crippen molar-refractivity contribution < 1.29 is 4.42 Å². The molecular formula is C61H44N2O. The standard InChI is InChI=1S/C61H44N2O/c1-61(2)57-38-46(45-22-21-41-13-9-10-14-44(41)37-45)27-34-53(57)54-35-32-52(40-58(54)61)63(48-17-7-4-8-18-48)50-30-25-43(26-31-50)42-23-28-49(29-24-42)62(47-15-5-3-6-16-47)51-33-36-60-56(39-51)55-19-11-12-20-59(55)64-60/h3-40H,1-2H3. The van der Waals surface area contributed by atoms with Crippen molar-refractivity contribution in [3.8, 4) is 33.4 Å². The summed E-state index contributed by atoms with van der Waals surface area (Å²) >= 11 is 0. The molecule has 0 bridgehead atoms. The van der Waals surface area contributed by atoms with Crippen LogP contribution in [0.15, 0.2) is 235 Å². The second kappa shape index (κ2) is 15.0. The van der Waals surface area contributed by atoms with E-state index in [0.717, 1.165) is 67.2 Å². The maximum Gasteiger partial charge on any atom is 0.135 e. The van der Waals surface area contributed by atoms with Gasteiger partial charge in [-0.15, -0.1) is 0 Å². The molecule has 304 valence electrons. The molecule has 0 amide bonds. The van der Waals surface area contributed by atoms with E-state index in [1.807, 2.05) is 12.1 Å². The summed E-state index contributed by atoms with van der Waals surface area (Å²) in [5.74, 6) is 0. The Morgan fingerprint density at radius 1 is 0.312 bits per heavy atom. The third-order valence-electron chi connectivity index (χ3n) is 13.2. The predicted molar refractivity (Wildman–Crippen MR) is 269 cm³/mol. The predicted octanol–water partition coefficient (Wildman–Crippen LogP) is 17.3. The largest absolute Gasteiger partial charge is 0.456 e. The van der Waals surface area contributed by atoms with Crippen molar-refractivity contribution in [2.75, 3.05) is 9.80 Å². The highest BCUT2D eigenvalue weighted by Crippen LogP contribution is 2.52. The summed E-state index contributed by atoms with van der Waals surface area (Å²) in [7, 11) is 0. The number of benzene rings is 10. The molecular weight excluding hydrogens is 777 g/mol. The first-order chi connectivity index (χ1) is 31.5. The summed E-state index contributed by atoms with van der Waals surface area (Å²) in [5.41, 5.74) is 18.4. The number of rotatable bonds is 8. The fraction of sp³-hybridized carbons (Fsp3) is 0.0492. The summed E-state index contributed by atoms with van der Waals surface area (Å²) in [6, 6.07) is 83.3. The van der Waals surface area contributed by atoms with Crippen molar-refractivity contribution >= 4 is 66.8 Å². The summed E-state index contributed by atoms with van der Waals surface area (Å²) in [6.07, 6.45) is 0. The van der Waals surface area contributed by atoms with Crippen LogP contribution in [0.5, 0.6) is 0 Å². The van der Waals surface area contributed by atoms with Crippen LogP contribution in [0.1, 0.15) is 25.0 Å². The van der Waals surface area contributed by atoms with Gasteiger partial charge in [0.25, 0.3) is 0 Å². The maximum atomic E-state index is 6.18. The van der Waals surface area contributed by atoms with Gasteiger partial charge in [-0.1, -0.05) is 147 Å². The quantitative estimate of drug-likeness (QED) is 0.152. The second-order valence-electron chi connectivity index (χ2n) is 17.4. The number of fused-ring (bicyclic) bond motifs is 7. The molecule has 0 saturated heterocycles. The van der Waals surface area contributed by atoms with E-state index in [0.29, 0.717) is 0 Å². The third-order valence-corrected chi connectivity index (χ3v) is 13.2. The van der Waals surface area contributed by atoms with Crippen molar-refractivity contribution in [3.05, 3.63) is 242 Å². The molecule has 0 aliphatic heterocycles.